The lowest BCUT2D eigenvalue weighted by Gasteiger charge is -2.28. The van der Waals surface area contributed by atoms with E-state index in [0.717, 1.165) is 37.4 Å². The highest BCUT2D eigenvalue weighted by Crippen LogP contribution is 2.33. The molecule has 9 nitrogen and oxygen atoms in total. The number of hydrogen-bond acceptors (Lipinski definition) is 8. The lowest BCUT2D eigenvalue weighted by Crippen LogP contribution is -2.30. The minimum absolute atomic E-state index is 0.0367. The molecular formula is C22H25N7O2. The zero-order valence-corrected chi connectivity index (χ0v) is 17.6. The molecule has 9 heteroatoms. The van der Waals surface area contributed by atoms with Crippen LogP contribution in [-0.2, 0) is 13.0 Å². The van der Waals surface area contributed by atoms with Crippen LogP contribution in [0.5, 0.6) is 5.75 Å². The van der Waals surface area contributed by atoms with Crippen LogP contribution in [0.2, 0.25) is 0 Å². The molecule has 2 heterocycles. The average Bonchev–Trinajstić information content (AvgIpc) is 2.79. The number of carbonyl (C=O) groups is 1. The topological polar surface area (TPSA) is 118 Å². The van der Waals surface area contributed by atoms with Crippen molar-refractivity contribution in [2.24, 2.45) is 5.73 Å². The molecule has 4 N–H and O–H groups in total. The smallest absolute Gasteiger partial charge is 0.273 e. The Morgan fingerprint density at radius 1 is 1.16 bits per heavy atom. The van der Waals surface area contributed by atoms with Gasteiger partial charge in [0.1, 0.15) is 5.75 Å². The molecule has 160 valence electrons. The number of primary amides is 1. The van der Waals surface area contributed by atoms with Crippen LogP contribution in [0.3, 0.4) is 0 Å². The Morgan fingerprint density at radius 3 is 2.68 bits per heavy atom. The fraction of sp³-hybridized carbons (Fsp3) is 0.273. The van der Waals surface area contributed by atoms with Gasteiger partial charge in [-0.2, -0.15) is 4.98 Å². The van der Waals surface area contributed by atoms with Crippen LogP contribution < -0.4 is 21.1 Å². The fourth-order valence-electron chi connectivity index (χ4n) is 3.59. The van der Waals surface area contributed by atoms with Gasteiger partial charge < -0.3 is 21.1 Å². The first-order valence-corrected chi connectivity index (χ1v) is 10.1. The van der Waals surface area contributed by atoms with E-state index in [-0.39, 0.29) is 17.5 Å². The van der Waals surface area contributed by atoms with E-state index in [1.54, 1.807) is 7.11 Å². The largest absolute Gasteiger partial charge is 0.495 e. The Labute approximate surface area is 180 Å². The van der Waals surface area contributed by atoms with E-state index < -0.39 is 5.91 Å². The molecule has 0 saturated carbocycles. The number of amides is 1. The van der Waals surface area contributed by atoms with Gasteiger partial charge in [0.25, 0.3) is 5.91 Å². The predicted molar refractivity (Wildman–Crippen MR) is 119 cm³/mol. The number of carbonyl (C=O) groups excluding carboxylic acids is 1. The molecule has 0 unspecified atom stereocenters. The number of nitrogens with zero attached hydrogens (tertiary/aromatic N) is 4. The summed E-state index contributed by atoms with van der Waals surface area (Å²) in [5, 5.41) is 14.3. The lowest BCUT2D eigenvalue weighted by atomic mass is 9.98. The summed E-state index contributed by atoms with van der Waals surface area (Å²) in [4.78, 5) is 18.6. The number of nitrogens with two attached hydrogens (primary N) is 1. The second kappa shape index (κ2) is 8.97. The fourth-order valence-corrected chi connectivity index (χ4v) is 3.59. The van der Waals surface area contributed by atoms with Gasteiger partial charge in [-0.15, -0.1) is 10.2 Å². The van der Waals surface area contributed by atoms with Crippen molar-refractivity contribution < 1.29 is 9.53 Å². The maximum atomic E-state index is 11.8. The van der Waals surface area contributed by atoms with Crippen molar-refractivity contribution in [3.8, 4) is 5.75 Å². The Balaban J connectivity index is 1.66. The molecule has 4 rings (SSSR count). The minimum Gasteiger partial charge on any atom is -0.495 e. The molecule has 0 fully saturated rings. The summed E-state index contributed by atoms with van der Waals surface area (Å²) < 4.78 is 5.58. The first kappa shape index (κ1) is 20.5. The van der Waals surface area contributed by atoms with Gasteiger partial charge in [0.15, 0.2) is 11.5 Å². The van der Waals surface area contributed by atoms with E-state index in [4.69, 9.17) is 10.5 Å². The predicted octanol–water partition coefficient (Wildman–Crippen LogP) is 2.84. The first-order valence-electron chi connectivity index (χ1n) is 10.1. The van der Waals surface area contributed by atoms with Crippen molar-refractivity contribution in [2.75, 3.05) is 30.8 Å². The second-order valence-corrected chi connectivity index (χ2v) is 7.25. The number of rotatable bonds is 7. The van der Waals surface area contributed by atoms with Crippen molar-refractivity contribution in [1.29, 1.82) is 0 Å². The lowest BCUT2D eigenvalue weighted by molar-refractivity contribution is 0.0995. The van der Waals surface area contributed by atoms with E-state index in [0.29, 0.717) is 5.75 Å². The Kier molecular flexibility index (Phi) is 5.94. The van der Waals surface area contributed by atoms with Crippen LogP contribution in [0.25, 0.3) is 0 Å². The van der Waals surface area contributed by atoms with Gasteiger partial charge in [-0.25, -0.2) is 0 Å². The summed E-state index contributed by atoms with van der Waals surface area (Å²) >= 11 is 0. The van der Waals surface area contributed by atoms with Gasteiger partial charge in [0, 0.05) is 18.8 Å². The van der Waals surface area contributed by atoms with Crippen molar-refractivity contribution in [3.05, 3.63) is 59.3 Å². The third kappa shape index (κ3) is 4.56. The normalized spacial score (nSPS) is 13.4. The quantitative estimate of drug-likeness (QED) is 0.535. The zero-order valence-electron chi connectivity index (χ0n) is 17.6. The standard InChI is InChI=1S/C22H25N7O2/c1-3-29-10-9-14-12-18(31-2)17(11-15(14)13-29)25-22-26-21(19(20(23)30)27-28-22)24-16-7-5-4-6-8-16/h4-8,11-12H,3,9-10,13H2,1-2H3,(H2,23,30)(H2,24,25,26,28). The highest BCUT2D eigenvalue weighted by atomic mass is 16.5. The zero-order chi connectivity index (χ0) is 21.8. The number of benzene rings is 2. The van der Waals surface area contributed by atoms with E-state index in [2.05, 4.69) is 49.8 Å². The number of ether oxygens (including phenoxy) is 1. The molecule has 0 atom stereocenters. The highest BCUT2D eigenvalue weighted by Gasteiger charge is 2.20. The van der Waals surface area contributed by atoms with E-state index in [1.165, 1.54) is 11.1 Å². The average molecular weight is 419 g/mol. The maximum Gasteiger partial charge on any atom is 0.273 e. The first-order chi connectivity index (χ1) is 15.1. The molecule has 3 aromatic rings. The molecule has 1 amide bonds. The van der Waals surface area contributed by atoms with Gasteiger partial charge in [0.2, 0.25) is 5.95 Å². The van der Waals surface area contributed by atoms with Crippen molar-refractivity contribution in [3.63, 3.8) is 0 Å². The third-order valence-corrected chi connectivity index (χ3v) is 5.26. The van der Waals surface area contributed by atoms with Gasteiger partial charge in [-0.05, 0) is 48.4 Å². The highest BCUT2D eigenvalue weighted by molar-refractivity contribution is 5.96. The Hall–Kier alpha value is -3.72. The van der Waals surface area contributed by atoms with Gasteiger partial charge >= 0.3 is 0 Å². The SMILES string of the molecule is CCN1CCc2cc(OC)c(Nc3nnc(C(N)=O)c(Nc4ccccc4)n3)cc2C1. The van der Waals surface area contributed by atoms with Crippen LogP contribution in [-0.4, -0.2) is 46.2 Å². The maximum absolute atomic E-state index is 11.8. The summed E-state index contributed by atoms with van der Waals surface area (Å²) in [6.45, 7) is 5.08. The molecule has 0 aliphatic carbocycles. The van der Waals surface area contributed by atoms with E-state index >= 15 is 0 Å². The molecule has 2 aromatic carbocycles. The Bertz CT molecular complexity index is 1090. The summed E-state index contributed by atoms with van der Waals surface area (Å²) in [6, 6.07) is 13.5. The summed E-state index contributed by atoms with van der Waals surface area (Å²) in [5.74, 6) is 0.440. The van der Waals surface area contributed by atoms with Gasteiger partial charge in [-0.1, -0.05) is 25.1 Å². The molecule has 0 radical (unpaired) electrons. The molecule has 0 bridgehead atoms. The molecule has 1 aliphatic rings. The van der Waals surface area contributed by atoms with Crippen LogP contribution in [0.1, 0.15) is 28.5 Å². The number of hydrogen-bond donors (Lipinski definition) is 3. The minimum atomic E-state index is -0.712. The molecule has 1 aromatic heterocycles. The molecule has 0 spiro atoms. The van der Waals surface area contributed by atoms with Gasteiger partial charge in [0.05, 0.1) is 12.8 Å². The van der Waals surface area contributed by atoms with Crippen molar-refractivity contribution in [2.45, 2.75) is 19.9 Å². The van der Waals surface area contributed by atoms with Crippen molar-refractivity contribution >= 4 is 29.0 Å². The van der Waals surface area contributed by atoms with E-state index in [9.17, 15) is 4.79 Å². The van der Waals surface area contributed by atoms with Crippen LogP contribution in [0.15, 0.2) is 42.5 Å². The summed E-state index contributed by atoms with van der Waals surface area (Å²) in [6.07, 6.45) is 0.982. The second-order valence-electron chi connectivity index (χ2n) is 7.25. The third-order valence-electron chi connectivity index (χ3n) is 5.26. The molecule has 0 saturated heterocycles. The van der Waals surface area contributed by atoms with Crippen LogP contribution >= 0.6 is 0 Å². The number of aromatic nitrogens is 3. The van der Waals surface area contributed by atoms with Crippen LogP contribution in [0.4, 0.5) is 23.1 Å². The molecular weight excluding hydrogens is 394 g/mol. The molecule has 31 heavy (non-hydrogen) atoms. The number of likely N-dealkylation sites (N-methyl/N-ethyl adjacent to an activating group) is 1. The van der Waals surface area contributed by atoms with E-state index in [1.807, 2.05) is 30.3 Å². The van der Waals surface area contributed by atoms with Crippen LogP contribution in [0, 0.1) is 0 Å². The summed E-state index contributed by atoms with van der Waals surface area (Å²) in [5.41, 5.74) is 9.42. The number of methoxy groups -OCH3 is 1. The monoisotopic (exact) mass is 419 g/mol. The van der Waals surface area contributed by atoms with Crippen molar-refractivity contribution in [1.82, 2.24) is 20.1 Å². The number of fused-ring (bicyclic) bond motifs is 1. The summed E-state index contributed by atoms with van der Waals surface area (Å²) in [7, 11) is 1.63. The Morgan fingerprint density at radius 2 is 1.97 bits per heavy atom. The number of nitrogens with one attached hydrogen (secondary N) is 2. The number of para-hydroxylation sites is 1. The molecule has 1 aliphatic heterocycles. The number of anilines is 4. The van der Waals surface area contributed by atoms with Gasteiger partial charge in [-0.3, -0.25) is 9.69 Å².